The van der Waals surface area contributed by atoms with Gasteiger partial charge in [0.05, 0.1) is 17.1 Å². The highest BCUT2D eigenvalue weighted by molar-refractivity contribution is 6.33. The van der Waals surface area contributed by atoms with Gasteiger partial charge in [-0.25, -0.2) is 13.6 Å². The molecule has 0 aromatic heterocycles. The molecule has 5 nitrogen and oxygen atoms in total. The number of carbonyl (C=O) groups excluding carboxylic acids is 1. The summed E-state index contributed by atoms with van der Waals surface area (Å²) in [4.78, 5) is 21.4. The van der Waals surface area contributed by atoms with Crippen LogP contribution in [0.4, 0.5) is 19.3 Å². The number of nitrogens with one attached hydrogen (secondary N) is 2. The van der Waals surface area contributed by atoms with Gasteiger partial charge in [-0.2, -0.15) is 0 Å². The first kappa shape index (κ1) is 14.2. The molecule has 0 atom stereocenters. The van der Waals surface area contributed by atoms with Crippen molar-refractivity contribution in [2.75, 3.05) is 11.9 Å². The molecule has 2 amide bonds. The maximum Gasteiger partial charge on any atom is 0.319 e. The van der Waals surface area contributed by atoms with Crippen LogP contribution in [0.25, 0.3) is 0 Å². The van der Waals surface area contributed by atoms with E-state index in [1.807, 2.05) is 0 Å². The summed E-state index contributed by atoms with van der Waals surface area (Å²) in [5, 5.41) is 12.3. The molecule has 0 saturated carbocycles. The Kier molecular flexibility index (Phi) is 4.85. The minimum atomic E-state index is -1.08. The Bertz CT molecular complexity index is 459. The lowest BCUT2D eigenvalue weighted by atomic mass is 10.3. The number of urea groups is 1. The third kappa shape index (κ3) is 4.17. The summed E-state index contributed by atoms with van der Waals surface area (Å²) in [6, 6.07) is 0.583. The van der Waals surface area contributed by atoms with Crippen LogP contribution in [0.3, 0.4) is 0 Å². The lowest BCUT2D eigenvalue weighted by molar-refractivity contribution is -0.136. The molecular formula is C10H9ClF2N2O3. The van der Waals surface area contributed by atoms with Crippen molar-refractivity contribution < 1.29 is 23.5 Å². The largest absolute Gasteiger partial charge is 0.481 e. The Labute approximate surface area is 106 Å². The van der Waals surface area contributed by atoms with Gasteiger partial charge in [-0.1, -0.05) is 11.6 Å². The summed E-state index contributed by atoms with van der Waals surface area (Å²) in [6.07, 6.45) is -0.271. The third-order valence-corrected chi connectivity index (χ3v) is 2.17. The third-order valence-electron chi connectivity index (χ3n) is 1.87. The van der Waals surface area contributed by atoms with Gasteiger partial charge in [-0.15, -0.1) is 0 Å². The molecule has 1 rings (SSSR count). The van der Waals surface area contributed by atoms with E-state index in [4.69, 9.17) is 16.7 Å². The Morgan fingerprint density at radius 1 is 1.33 bits per heavy atom. The molecule has 0 aliphatic rings. The highest BCUT2D eigenvalue weighted by Gasteiger charge is 2.12. The van der Waals surface area contributed by atoms with Crippen LogP contribution in [-0.4, -0.2) is 23.7 Å². The summed E-state index contributed by atoms with van der Waals surface area (Å²) in [5.74, 6) is -2.97. The van der Waals surface area contributed by atoms with Crippen LogP contribution in [0.2, 0.25) is 5.02 Å². The number of hydrogen-bond donors (Lipinski definition) is 3. The lowest BCUT2D eigenvalue weighted by Crippen LogP contribution is -2.31. The Balaban J connectivity index is 2.62. The number of benzene rings is 1. The maximum absolute atomic E-state index is 13.3. The second-order valence-corrected chi connectivity index (χ2v) is 3.68. The van der Waals surface area contributed by atoms with E-state index >= 15 is 0 Å². The monoisotopic (exact) mass is 278 g/mol. The van der Waals surface area contributed by atoms with Crippen molar-refractivity contribution >= 4 is 29.3 Å². The average molecular weight is 279 g/mol. The van der Waals surface area contributed by atoms with Crippen LogP contribution in [0, 0.1) is 11.6 Å². The molecule has 8 heteroatoms. The number of hydrogen-bond acceptors (Lipinski definition) is 2. The molecule has 98 valence electrons. The average Bonchev–Trinajstić information content (AvgIpc) is 2.22. The van der Waals surface area contributed by atoms with Crippen molar-refractivity contribution in [3.05, 3.63) is 28.8 Å². The minimum absolute atomic E-state index is 0.123. The van der Waals surface area contributed by atoms with Crippen molar-refractivity contribution in [2.45, 2.75) is 6.42 Å². The first-order chi connectivity index (χ1) is 8.40. The molecule has 1 aromatic carbocycles. The molecule has 3 N–H and O–H groups in total. The lowest BCUT2D eigenvalue weighted by Gasteiger charge is -2.09. The molecule has 1 aromatic rings. The van der Waals surface area contributed by atoms with Gasteiger partial charge in [0.25, 0.3) is 0 Å². The zero-order chi connectivity index (χ0) is 13.7. The fraction of sp³-hybridized carbons (Fsp3) is 0.200. The topological polar surface area (TPSA) is 78.4 Å². The minimum Gasteiger partial charge on any atom is -0.481 e. The second kappa shape index (κ2) is 6.15. The number of carboxylic acid groups (broad SMARTS) is 1. The molecule has 0 aliphatic heterocycles. The van der Waals surface area contributed by atoms with Crippen molar-refractivity contribution in [3.63, 3.8) is 0 Å². The van der Waals surface area contributed by atoms with Gasteiger partial charge in [0.15, 0.2) is 5.82 Å². The predicted octanol–water partition coefficient (Wildman–Crippen LogP) is 2.21. The fourth-order valence-corrected chi connectivity index (χ4v) is 1.34. The molecule has 0 spiro atoms. The summed E-state index contributed by atoms with van der Waals surface area (Å²) < 4.78 is 26.0. The van der Waals surface area contributed by atoms with Gasteiger partial charge in [-0.05, 0) is 6.07 Å². The van der Waals surface area contributed by atoms with E-state index in [1.165, 1.54) is 0 Å². The predicted molar refractivity (Wildman–Crippen MR) is 60.6 cm³/mol. The van der Waals surface area contributed by atoms with E-state index < -0.39 is 23.6 Å². The van der Waals surface area contributed by atoms with Gasteiger partial charge >= 0.3 is 12.0 Å². The van der Waals surface area contributed by atoms with Gasteiger partial charge in [0.1, 0.15) is 5.82 Å². The molecule has 0 radical (unpaired) electrons. The van der Waals surface area contributed by atoms with E-state index in [0.717, 1.165) is 6.07 Å². The number of anilines is 1. The molecule has 18 heavy (non-hydrogen) atoms. The highest BCUT2D eigenvalue weighted by Crippen LogP contribution is 2.26. The number of carboxylic acids is 1. The Morgan fingerprint density at radius 3 is 2.56 bits per heavy atom. The number of amides is 2. The van der Waals surface area contributed by atoms with Gasteiger partial charge in [-0.3, -0.25) is 4.79 Å². The van der Waals surface area contributed by atoms with Crippen LogP contribution < -0.4 is 10.6 Å². The molecule has 0 aliphatic carbocycles. The van der Waals surface area contributed by atoms with E-state index in [-0.39, 0.29) is 23.7 Å². The maximum atomic E-state index is 13.3. The Hall–Kier alpha value is -1.89. The van der Waals surface area contributed by atoms with Gasteiger partial charge < -0.3 is 15.7 Å². The SMILES string of the molecule is O=C(O)CCNC(=O)Nc1c(F)cc(F)cc1Cl. The molecule has 0 bridgehead atoms. The van der Waals surface area contributed by atoms with Crippen molar-refractivity contribution in [1.82, 2.24) is 5.32 Å². The number of halogens is 3. The van der Waals surface area contributed by atoms with Crippen LogP contribution in [0.5, 0.6) is 0 Å². The van der Waals surface area contributed by atoms with Crippen LogP contribution >= 0.6 is 11.6 Å². The zero-order valence-electron chi connectivity index (χ0n) is 8.97. The van der Waals surface area contributed by atoms with E-state index in [2.05, 4.69) is 10.6 Å². The number of carbonyl (C=O) groups is 2. The highest BCUT2D eigenvalue weighted by atomic mass is 35.5. The molecule has 0 heterocycles. The van der Waals surface area contributed by atoms with Crippen molar-refractivity contribution in [1.29, 1.82) is 0 Å². The van der Waals surface area contributed by atoms with Gasteiger partial charge in [0, 0.05) is 12.6 Å². The number of aliphatic carboxylic acids is 1. The van der Waals surface area contributed by atoms with Crippen molar-refractivity contribution in [2.24, 2.45) is 0 Å². The summed E-state index contributed by atoms with van der Waals surface area (Å²) >= 11 is 5.55. The Morgan fingerprint density at radius 2 is 2.00 bits per heavy atom. The standard InChI is InChI=1S/C10H9ClF2N2O3/c11-6-3-5(12)4-7(13)9(6)15-10(18)14-2-1-8(16)17/h3-4H,1-2H2,(H,16,17)(H2,14,15,18). The zero-order valence-corrected chi connectivity index (χ0v) is 9.72. The van der Waals surface area contributed by atoms with Gasteiger partial charge in [0.2, 0.25) is 0 Å². The van der Waals surface area contributed by atoms with E-state index in [0.29, 0.717) is 6.07 Å². The fourth-order valence-electron chi connectivity index (χ4n) is 1.10. The molecule has 0 fully saturated rings. The second-order valence-electron chi connectivity index (χ2n) is 3.27. The van der Waals surface area contributed by atoms with E-state index in [1.54, 1.807) is 0 Å². The summed E-state index contributed by atoms with van der Waals surface area (Å²) in [5.41, 5.74) is -0.370. The summed E-state index contributed by atoms with van der Waals surface area (Å²) in [6.45, 7) is -0.123. The smallest absolute Gasteiger partial charge is 0.319 e. The molecule has 0 unspecified atom stereocenters. The van der Waals surface area contributed by atoms with Crippen molar-refractivity contribution in [3.8, 4) is 0 Å². The van der Waals surface area contributed by atoms with Crippen LogP contribution in [0.15, 0.2) is 12.1 Å². The van der Waals surface area contributed by atoms with Crippen LogP contribution in [-0.2, 0) is 4.79 Å². The first-order valence-electron chi connectivity index (χ1n) is 4.81. The normalized spacial score (nSPS) is 9.94. The first-order valence-corrected chi connectivity index (χ1v) is 5.19. The van der Waals surface area contributed by atoms with Crippen LogP contribution in [0.1, 0.15) is 6.42 Å². The summed E-state index contributed by atoms with van der Waals surface area (Å²) in [7, 11) is 0. The number of rotatable bonds is 4. The van der Waals surface area contributed by atoms with E-state index in [9.17, 15) is 18.4 Å². The quantitative estimate of drug-likeness (QED) is 0.790. The molecule has 0 saturated heterocycles. The molecular weight excluding hydrogens is 270 g/mol.